The van der Waals surface area contributed by atoms with E-state index in [0.29, 0.717) is 12.8 Å². The summed E-state index contributed by atoms with van der Waals surface area (Å²) >= 11 is 0. The van der Waals surface area contributed by atoms with Gasteiger partial charge in [-0.05, 0) is 18.3 Å². The largest absolute Gasteiger partial charge is 0.469 e. The molecule has 0 aromatic heterocycles. The normalized spacial score (nSPS) is 49.3. The van der Waals surface area contributed by atoms with Crippen LogP contribution in [0.3, 0.4) is 0 Å². The average molecular weight is 483 g/mol. The molecular weight excluding hydrogens is 448 g/mol. The van der Waals surface area contributed by atoms with Gasteiger partial charge >= 0.3 is 17.9 Å². The molecule has 2 saturated carbocycles. The van der Waals surface area contributed by atoms with Crippen molar-refractivity contribution in [2.24, 2.45) is 34.0 Å². The van der Waals surface area contributed by atoms with Gasteiger partial charge < -0.3 is 33.5 Å². The molecule has 10 heteroatoms. The number of aliphatic hydroxyl groups excluding tert-OH is 1. The van der Waals surface area contributed by atoms with E-state index in [1.807, 2.05) is 20.8 Å². The summed E-state index contributed by atoms with van der Waals surface area (Å²) in [6, 6.07) is 0. The van der Waals surface area contributed by atoms with Crippen molar-refractivity contribution in [2.45, 2.75) is 84.0 Å². The monoisotopic (exact) mass is 482 g/mol. The van der Waals surface area contributed by atoms with Crippen LogP contribution in [-0.4, -0.2) is 73.7 Å². The molecule has 3 unspecified atom stereocenters. The fourth-order valence-electron chi connectivity index (χ4n) is 8.75. The van der Waals surface area contributed by atoms with Crippen molar-refractivity contribution in [3.05, 3.63) is 0 Å². The number of hydrogen-bond acceptors (Lipinski definition) is 10. The Bertz CT molecular complexity index is 927. The maximum atomic E-state index is 13.8. The van der Waals surface area contributed by atoms with Crippen LogP contribution in [0.4, 0.5) is 0 Å². The molecule has 0 amide bonds. The van der Waals surface area contributed by atoms with Gasteiger partial charge in [0, 0.05) is 25.9 Å². The second-order valence-corrected chi connectivity index (χ2v) is 11.5. The minimum atomic E-state index is -1.52. The highest BCUT2D eigenvalue weighted by Crippen LogP contribution is 2.84. The molecule has 5 rings (SSSR count). The second-order valence-electron chi connectivity index (χ2n) is 11.5. The smallest absolute Gasteiger partial charge is 0.340 e. The van der Waals surface area contributed by atoms with E-state index in [4.69, 9.17) is 28.4 Å². The van der Waals surface area contributed by atoms with Gasteiger partial charge in [-0.15, -0.1) is 0 Å². The van der Waals surface area contributed by atoms with Crippen LogP contribution in [0.25, 0.3) is 0 Å². The predicted molar refractivity (Wildman–Crippen MR) is 113 cm³/mol. The second kappa shape index (κ2) is 7.15. The van der Waals surface area contributed by atoms with Crippen molar-refractivity contribution in [1.29, 1.82) is 0 Å². The number of carbonyl (C=O) groups excluding carboxylic acids is 3. The third-order valence-electron chi connectivity index (χ3n) is 9.31. The molecule has 190 valence electrons. The first-order valence-electron chi connectivity index (χ1n) is 11.9. The summed E-state index contributed by atoms with van der Waals surface area (Å²) in [4.78, 5) is 38.6. The van der Waals surface area contributed by atoms with Gasteiger partial charge in [-0.25, -0.2) is 4.79 Å². The number of esters is 3. The lowest BCUT2D eigenvalue weighted by Gasteiger charge is -2.48. The maximum absolute atomic E-state index is 13.8. The summed E-state index contributed by atoms with van der Waals surface area (Å²) in [5, 5.41) is 10.9. The number of rotatable bonds is 4. The first-order valence-corrected chi connectivity index (χ1v) is 11.9. The van der Waals surface area contributed by atoms with Gasteiger partial charge in [-0.1, -0.05) is 27.7 Å². The van der Waals surface area contributed by atoms with Gasteiger partial charge in [0.2, 0.25) is 0 Å². The van der Waals surface area contributed by atoms with E-state index in [1.54, 1.807) is 6.92 Å². The first kappa shape index (κ1) is 24.0. The third-order valence-corrected chi connectivity index (χ3v) is 9.31. The van der Waals surface area contributed by atoms with Crippen LogP contribution in [0, 0.1) is 34.0 Å². The van der Waals surface area contributed by atoms with Crippen LogP contribution in [0.2, 0.25) is 0 Å². The maximum Gasteiger partial charge on any atom is 0.340 e. The predicted octanol–water partition coefficient (Wildman–Crippen LogP) is 1.17. The molecule has 34 heavy (non-hydrogen) atoms. The number of carbonyl (C=O) groups is 3. The van der Waals surface area contributed by atoms with E-state index in [-0.39, 0.29) is 0 Å². The summed E-state index contributed by atoms with van der Waals surface area (Å²) in [7, 11) is 2.80. The summed E-state index contributed by atoms with van der Waals surface area (Å²) in [5.74, 6) is -3.18. The summed E-state index contributed by atoms with van der Waals surface area (Å²) in [5.41, 5.74) is -4.11. The van der Waals surface area contributed by atoms with Crippen molar-refractivity contribution in [2.75, 3.05) is 14.2 Å². The lowest BCUT2D eigenvalue weighted by molar-refractivity contribution is -0.238. The molecule has 2 spiro atoms. The minimum absolute atomic E-state index is 0.442. The van der Waals surface area contributed by atoms with E-state index in [1.165, 1.54) is 21.1 Å². The Morgan fingerprint density at radius 2 is 1.91 bits per heavy atom. The molecule has 1 N–H and O–H groups in total. The third kappa shape index (κ3) is 2.34. The van der Waals surface area contributed by atoms with Crippen molar-refractivity contribution in [3.8, 4) is 0 Å². The van der Waals surface area contributed by atoms with Crippen LogP contribution < -0.4 is 0 Å². The van der Waals surface area contributed by atoms with Gasteiger partial charge in [-0.2, -0.15) is 0 Å². The van der Waals surface area contributed by atoms with Gasteiger partial charge in [0.1, 0.15) is 18.3 Å². The van der Waals surface area contributed by atoms with Gasteiger partial charge in [-0.3, -0.25) is 9.59 Å². The van der Waals surface area contributed by atoms with E-state index in [2.05, 4.69) is 0 Å². The van der Waals surface area contributed by atoms with Crippen molar-refractivity contribution in [3.63, 3.8) is 0 Å². The zero-order valence-electron chi connectivity index (χ0n) is 20.7. The molecule has 11 atom stereocenters. The number of ether oxygens (including phenoxy) is 6. The SMILES string of the molecule is COC(=O)C(C)[C@H]1CC[C@]23C4OC(=O)[C@]12O[C@@H]1OC(O)[C@H](OC)[C@@]13[C@H](C(C)(C)C)[C@H]4OC(C)=O. The van der Waals surface area contributed by atoms with E-state index >= 15 is 0 Å². The molecular formula is C24H34O10. The molecule has 3 saturated heterocycles. The molecule has 0 radical (unpaired) electrons. The standard InChI is InChI=1S/C24H34O10/c1-10(17(26)30-7)12-8-9-22-15-13(31-11(2)25)14(21(3,4)5)23(22)16(29-6)18(27)33-20(23)34-24(12,22)19(28)32-15/h10,12-16,18,20,27H,8-9H2,1-7H3/t10?,12-,13-,14+,15?,16+,18?,20+,22-,23+,24-/m1/s1. The van der Waals surface area contributed by atoms with Crippen molar-refractivity contribution >= 4 is 17.9 Å². The topological polar surface area (TPSA) is 127 Å². The molecule has 3 heterocycles. The van der Waals surface area contributed by atoms with E-state index in [9.17, 15) is 19.5 Å². The van der Waals surface area contributed by atoms with Crippen molar-refractivity contribution in [1.82, 2.24) is 0 Å². The van der Waals surface area contributed by atoms with Crippen molar-refractivity contribution < 1.29 is 47.9 Å². The number of aliphatic hydroxyl groups is 1. The van der Waals surface area contributed by atoms with E-state index in [0.717, 1.165) is 0 Å². The Kier molecular flexibility index (Phi) is 5.04. The summed E-state index contributed by atoms with van der Waals surface area (Å²) < 4.78 is 35.4. The van der Waals surface area contributed by atoms with Gasteiger partial charge in [0.25, 0.3) is 0 Å². The highest BCUT2D eigenvalue weighted by Gasteiger charge is 2.97. The Morgan fingerprint density at radius 1 is 1.24 bits per heavy atom. The van der Waals surface area contributed by atoms with Gasteiger partial charge in [0.05, 0.1) is 23.9 Å². The highest BCUT2D eigenvalue weighted by atomic mass is 16.8. The fraction of sp³-hybridized carbons (Fsp3) is 0.875. The molecule has 5 aliphatic rings. The molecule has 0 aromatic rings. The van der Waals surface area contributed by atoms with Crippen LogP contribution in [0.1, 0.15) is 47.5 Å². The minimum Gasteiger partial charge on any atom is -0.469 e. The Balaban J connectivity index is 1.80. The van der Waals surface area contributed by atoms with Gasteiger partial charge in [0.15, 0.2) is 18.2 Å². The average Bonchev–Trinajstić information content (AvgIpc) is 3.41. The quantitative estimate of drug-likeness (QED) is 0.461. The Hall–Kier alpha value is -1.75. The van der Waals surface area contributed by atoms with Crippen LogP contribution in [0.15, 0.2) is 0 Å². The van der Waals surface area contributed by atoms with E-state index < -0.39 is 88.4 Å². The lowest BCUT2D eigenvalue weighted by Crippen LogP contribution is -2.60. The Morgan fingerprint density at radius 3 is 2.47 bits per heavy atom. The molecule has 10 nitrogen and oxygen atoms in total. The molecule has 0 bridgehead atoms. The van der Waals surface area contributed by atoms with Crippen LogP contribution >= 0.6 is 0 Å². The van der Waals surface area contributed by atoms with Crippen LogP contribution in [0.5, 0.6) is 0 Å². The lowest BCUT2D eigenvalue weighted by atomic mass is 9.51. The molecule has 0 aromatic carbocycles. The first-order chi connectivity index (χ1) is 15.9. The fourth-order valence-corrected chi connectivity index (χ4v) is 8.75. The molecule has 3 aliphatic heterocycles. The zero-order chi connectivity index (χ0) is 25.0. The molecule has 5 fully saturated rings. The van der Waals surface area contributed by atoms with Crippen LogP contribution in [-0.2, 0) is 42.8 Å². The Labute approximate surface area is 198 Å². The summed E-state index contributed by atoms with van der Waals surface area (Å²) in [6.07, 6.45) is -3.88. The molecule has 2 aliphatic carbocycles. The zero-order valence-corrected chi connectivity index (χ0v) is 20.7. The number of hydrogen-bond donors (Lipinski definition) is 1. The highest BCUT2D eigenvalue weighted by molar-refractivity contribution is 5.88. The number of methoxy groups -OCH3 is 2. The summed E-state index contributed by atoms with van der Waals surface area (Å²) in [6.45, 7) is 9.09.